The van der Waals surface area contributed by atoms with Gasteiger partial charge in [0, 0.05) is 22.7 Å². The number of Topliss-reactive ketones (excluding diaryl/α,β-unsaturated/α-hetero) is 1. The Labute approximate surface area is 208 Å². The summed E-state index contributed by atoms with van der Waals surface area (Å²) >= 11 is 6.07. The molecule has 8 heteroatoms. The number of hydrogen-bond donors (Lipinski definition) is 1. The molecular weight excluding hydrogens is 475 g/mol. The molecule has 188 valence electrons. The fourth-order valence-corrected chi connectivity index (χ4v) is 8.29. The molecule has 4 aliphatic carbocycles. The van der Waals surface area contributed by atoms with Crippen molar-refractivity contribution in [2.24, 2.45) is 28.6 Å². The maximum absolute atomic E-state index is 17.3. The van der Waals surface area contributed by atoms with Crippen molar-refractivity contribution in [3.63, 3.8) is 0 Å². The van der Waals surface area contributed by atoms with E-state index >= 15 is 4.39 Å². The number of carbonyl (C=O) groups excluding carboxylic acids is 3. The second-order valence-corrected chi connectivity index (χ2v) is 11.3. The number of alkyl halides is 2. The fourth-order valence-electron chi connectivity index (χ4n) is 8.09. The molecule has 0 aliphatic heterocycles. The molecule has 0 bridgehead atoms. The summed E-state index contributed by atoms with van der Waals surface area (Å²) in [5.74, 6) is -3.26. The van der Waals surface area contributed by atoms with E-state index in [0.29, 0.717) is 24.8 Å². The van der Waals surface area contributed by atoms with Gasteiger partial charge in [-0.2, -0.15) is 0 Å². The molecule has 3 fully saturated rings. The molecule has 1 aromatic heterocycles. The summed E-state index contributed by atoms with van der Waals surface area (Å²) in [6.45, 7) is 5.38. The zero-order valence-electron chi connectivity index (χ0n) is 20.1. The molecule has 3 saturated carbocycles. The van der Waals surface area contributed by atoms with Crippen LogP contribution in [0.3, 0.4) is 0 Å². The number of fused-ring (bicyclic) bond motifs is 5. The lowest BCUT2D eigenvalue weighted by molar-refractivity contribution is -0.218. The lowest BCUT2D eigenvalue weighted by Crippen LogP contribution is -2.70. The number of allylic oxidation sites excluding steroid dienone is 4. The molecule has 0 aromatic carbocycles. The molecule has 1 heterocycles. The first kappa shape index (κ1) is 24.4. The van der Waals surface area contributed by atoms with E-state index in [9.17, 15) is 19.5 Å². The van der Waals surface area contributed by atoms with Crippen LogP contribution < -0.4 is 0 Å². The van der Waals surface area contributed by atoms with Crippen LogP contribution in [0.25, 0.3) is 0 Å². The van der Waals surface area contributed by atoms with E-state index in [0.717, 1.165) is 0 Å². The van der Waals surface area contributed by atoms with Crippen LogP contribution >= 0.6 is 11.6 Å². The van der Waals surface area contributed by atoms with Crippen LogP contribution in [-0.4, -0.2) is 45.9 Å². The molecule has 1 N–H and O–H groups in total. The summed E-state index contributed by atoms with van der Waals surface area (Å²) in [6, 6.07) is 3.00. The highest BCUT2D eigenvalue weighted by Crippen LogP contribution is 2.71. The predicted octanol–water partition coefficient (Wildman–Crippen LogP) is 4.60. The largest absolute Gasteiger partial charge is 0.457 e. The minimum absolute atomic E-state index is 0.0424. The number of rotatable bonds is 4. The second kappa shape index (κ2) is 7.87. The smallest absolute Gasteiger partial charge is 0.375 e. The van der Waals surface area contributed by atoms with Crippen molar-refractivity contribution in [1.82, 2.24) is 0 Å². The van der Waals surface area contributed by atoms with Crippen molar-refractivity contribution in [3.05, 3.63) is 48.0 Å². The zero-order chi connectivity index (χ0) is 25.4. The molecule has 35 heavy (non-hydrogen) atoms. The standard InChI is InChI=1S/C27H30ClFO6/c1-15-11-19-18-7-6-16-12-17(30)8-9-24(16,2)26(18,29)21(31)13-25(19,3)27(15,22(32)14-28)35-23(33)20-5-4-10-34-20/h4-5,8-10,12,15,18-19,21,31H,6-7,11,13-14H2,1-3H3/t15?,18-,19-,21?,24-,25-,26-,27-/m0/s1. The minimum Gasteiger partial charge on any atom is -0.457 e. The van der Waals surface area contributed by atoms with E-state index in [1.54, 1.807) is 19.1 Å². The van der Waals surface area contributed by atoms with Crippen molar-refractivity contribution in [3.8, 4) is 0 Å². The number of carbonyl (C=O) groups is 3. The Balaban J connectivity index is 1.61. The number of ether oxygens (including phenoxy) is 1. The van der Waals surface area contributed by atoms with E-state index in [4.69, 9.17) is 20.8 Å². The van der Waals surface area contributed by atoms with Gasteiger partial charge in [-0.15, -0.1) is 11.6 Å². The number of hydrogen-bond acceptors (Lipinski definition) is 6. The van der Waals surface area contributed by atoms with Crippen molar-refractivity contribution in [1.29, 1.82) is 0 Å². The zero-order valence-corrected chi connectivity index (χ0v) is 20.8. The van der Waals surface area contributed by atoms with Crippen molar-refractivity contribution in [2.45, 2.75) is 63.8 Å². The van der Waals surface area contributed by atoms with Gasteiger partial charge in [0.25, 0.3) is 0 Å². The third-order valence-electron chi connectivity index (χ3n) is 9.69. The molecule has 1 aromatic rings. The lowest BCUT2D eigenvalue weighted by atomic mass is 9.44. The van der Waals surface area contributed by atoms with Gasteiger partial charge in [-0.3, -0.25) is 9.59 Å². The van der Waals surface area contributed by atoms with Gasteiger partial charge in [-0.05, 0) is 62.8 Å². The van der Waals surface area contributed by atoms with Gasteiger partial charge >= 0.3 is 5.97 Å². The number of furan rings is 1. The van der Waals surface area contributed by atoms with Crippen molar-refractivity contribution >= 4 is 29.1 Å². The van der Waals surface area contributed by atoms with Crippen molar-refractivity contribution in [2.75, 3.05) is 5.88 Å². The van der Waals surface area contributed by atoms with Crippen LogP contribution in [0, 0.1) is 28.6 Å². The first-order valence-corrected chi connectivity index (χ1v) is 12.7. The highest BCUT2D eigenvalue weighted by atomic mass is 35.5. The average Bonchev–Trinajstić information content (AvgIpc) is 3.42. The van der Waals surface area contributed by atoms with Crippen LogP contribution in [0.4, 0.5) is 4.39 Å². The van der Waals surface area contributed by atoms with Gasteiger partial charge in [0.1, 0.15) is 0 Å². The van der Waals surface area contributed by atoms with Gasteiger partial charge in [0.05, 0.1) is 18.2 Å². The molecule has 0 spiro atoms. The summed E-state index contributed by atoms with van der Waals surface area (Å²) in [5, 5.41) is 11.5. The Bertz CT molecular complexity index is 1140. The summed E-state index contributed by atoms with van der Waals surface area (Å²) in [6.07, 6.45) is 5.62. The predicted molar refractivity (Wildman–Crippen MR) is 125 cm³/mol. The third-order valence-corrected chi connectivity index (χ3v) is 9.94. The molecule has 6 nitrogen and oxygen atoms in total. The molecule has 0 radical (unpaired) electrons. The molecule has 0 saturated heterocycles. The normalized spacial score (nSPS) is 44.2. The Morgan fingerprint density at radius 3 is 2.71 bits per heavy atom. The molecule has 8 atom stereocenters. The molecule has 5 rings (SSSR count). The van der Waals surface area contributed by atoms with Gasteiger partial charge in [-0.25, -0.2) is 9.18 Å². The molecular formula is C27H30ClFO6. The summed E-state index contributed by atoms with van der Waals surface area (Å²) in [5.41, 5.74) is -5.18. The monoisotopic (exact) mass is 504 g/mol. The van der Waals surface area contributed by atoms with Crippen LogP contribution in [-0.2, 0) is 14.3 Å². The Kier molecular flexibility index (Phi) is 5.50. The van der Waals surface area contributed by atoms with E-state index in [1.807, 2.05) is 13.8 Å². The highest BCUT2D eigenvalue weighted by Gasteiger charge is 2.77. The third kappa shape index (κ3) is 2.94. The van der Waals surface area contributed by atoms with Crippen LogP contribution in [0.5, 0.6) is 0 Å². The molecule has 2 unspecified atom stereocenters. The van der Waals surface area contributed by atoms with E-state index in [-0.39, 0.29) is 29.8 Å². The second-order valence-electron chi connectivity index (χ2n) is 11.1. The summed E-state index contributed by atoms with van der Waals surface area (Å²) in [4.78, 5) is 38.6. The SMILES string of the molecule is CC1C[C@H]2[C@@H]3CCC4=CC(=O)C=C[C@]4(C)[C@@]3(F)C(O)C[C@]2(C)[C@@]1(OC(=O)c1ccco1)C(=O)CCl. The Hall–Kier alpha value is -2.25. The number of aliphatic hydroxyl groups is 1. The Morgan fingerprint density at radius 1 is 1.31 bits per heavy atom. The first-order chi connectivity index (χ1) is 16.5. The van der Waals surface area contributed by atoms with E-state index < -0.39 is 51.8 Å². The summed E-state index contributed by atoms with van der Waals surface area (Å²) < 4.78 is 28.5. The van der Waals surface area contributed by atoms with Gasteiger partial charge < -0.3 is 14.3 Å². The van der Waals surface area contributed by atoms with Crippen LogP contribution in [0.2, 0.25) is 0 Å². The maximum Gasteiger partial charge on any atom is 0.375 e. The number of halogens is 2. The number of aliphatic hydroxyl groups excluding tert-OH is 1. The molecule has 4 aliphatic rings. The maximum atomic E-state index is 17.3. The van der Waals surface area contributed by atoms with Crippen LogP contribution in [0.1, 0.15) is 57.0 Å². The highest BCUT2D eigenvalue weighted by molar-refractivity contribution is 6.29. The quantitative estimate of drug-likeness (QED) is 0.476. The topological polar surface area (TPSA) is 93.8 Å². The van der Waals surface area contributed by atoms with Gasteiger partial charge in [0.2, 0.25) is 5.76 Å². The number of ketones is 2. The summed E-state index contributed by atoms with van der Waals surface area (Å²) in [7, 11) is 0. The average molecular weight is 505 g/mol. The minimum atomic E-state index is -2.04. The first-order valence-electron chi connectivity index (χ1n) is 12.1. The number of esters is 1. The van der Waals surface area contributed by atoms with Gasteiger partial charge in [-0.1, -0.05) is 25.5 Å². The van der Waals surface area contributed by atoms with Gasteiger partial charge in [0.15, 0.2) is 22.8 Å². The Morgan fingerprint density at radius 2 is 2.06 bits per heavy atom. The fraction of sp³-hybridized carbons (Fsp3) is 0.593. The van der Waals surface area contributed by atoms with Crippen LogP contribution in [0.15, 0.2) is 46.6 Å². The van der Waals surface area contributed by atoms with E-state index in [2.05, 4.69) is 0 Å². The lowest BCUT2D eigenvalue weighted by Gasteiger charge is -2.62. The van der Waals surface area contributed by atoms with Crippen molar-refractivity contribution < 1.29 is 33.0 Å². The molecule has 0 amide bonds. The van der Waals surface area contributed by atoms with E-state index in [1.165, 1.54) is 24.5 Å².